The summed E-state index contributed by atoms with van der Waals surface area (Å²) in [5, 5.41) is 53.5. The van der Waals surface area contributed by atoms with E-state index in [4.69, 9.17) is 14.2 Å². The van der Waals surface area contributed by atoms with Crippen LogP contribution in [0.1, 0.15) is 54.5 Å². The summed E-state index contributed by atoms with van der Waals surface area (Å²) in [6, 6.07) is 10.9. The Morgan fingerprint density at radius 1 is 1.11 bits per heavy atom. The first-order valence-corrected chi connectivity index (χ1v) is 12.1. The van der Waals surface area contributed by atoms with Crippen molar-refractivity contribution in [1.82, 2.24) is 0 Å². The van der Waals surface area contributed by atoms with Crippen LogP contribution in [0.3, 0.4) is 0 Å². The molecule has 1 heterocycles. The number of esters is 1. The fraction of sp³-hybridized carbons (Fsp3) is 0.519. The van der Waals surface area contributed by atoms with Crippen LogP contribution in [0.4, 0.5) is 0 Å². The molecule has 2 aliphatic rings. The summed E-state index contributed by atoms with van der Waals surface area (Å²) < 4.78 is 16.7. The molecular weight excluding hydrogens is 468 g/mol. The molecule has 1 aliphatic carbocycles. The molecule has 196 valence electrons. The molecule has 0 bridgehead atoms. The maximum atomic E-state index is 11.7. The second-order valence-electron chi connectivity index (χ2n) is 9.80. The van der Waals surface area contributed by atoms with Crippen LogP contribution in [0.15, 0.2) is 36.4 Å². The van der Waals surface area contributed by atoms with E-state index in [1.165, 1.54) is 13.8 Å². The molecule has 9 nitrogen and oxygen atoms in total. The van der Waals surface area contributed by atoms with E-state index in [1.54, 1.807) is 6.07 Å². The number of hydrogen-bond donors (Lipinski definition) is 5. The molecular formula is C27H34O9. The van der Waals surface area contributed by atoms with Crippen molar-refractivity contribution < 1.29 is 44.5 Å². The monoisotopic (exact) mass is 502 g/mol. The molecule has 1 aliphatic heterocycles. The summed E-state index contributed by atoms with van der Waals surface area (Å²) in [5.41, 5.74) is 2.93. The van der Waals surface area contributed by atoms with Crippen molar-refractivity contribution in [3.05, 3.63) is 64.2 Å². The third kappa shape index (κ3) is 5.56. The van der Waals surface area contributed by atoms with Crippen LogP contribution in [0.25, 0.3) is 0 Å². The van der Waals surface area contributed by atoms with Gasteiger partial charge >= 0.3 is 5.97 Å². The maximum absolute atomic E-state index is 11.7. The Kier molecular flexibility index (Phi) is 7.70. The van der Waals surface area contributed by atoms with Crippen LogP contribution in [0.2, 0.25) is 0 Å². The average molecular weight is 503 g/mol. The van der Waals surface area contributed by atoms with Gasteiger partial charge in [0.15, 0.2) is 0 Å². The molecule has 6 atom stereocenters. The van der Waals surface area contributed by atoms with E-state index < -0.39 is 42.3 Å². The lowest BCUT2D eigenvalue weighted by atomic mass is 9.82. The molecule has 9 heteroatoms. The Morgan fingerprint density at radius 3 is 2.36 bits per heavy atom. The van der Waals surface area contributed by atoms with Gasteiger partial charge in [0.2, 0.25) is 5.79 Å². The molecule has 0 aromatic heterocycles. The van der Waals surface area contributed by atoms with Crippen molar-refractivity contribution in [3.63, 3.8) is 0 Å². The van der Waals surface area contributed by atoms with E-state index in [0.717, 1.165) is 29.7 Å². The number of aryl methyl sites for hydroxylation is 1. The third-order valence-electron chi connectivity index (χ3n) is 6.69. The van der Waals surface area contributed by atoms with Gasteiger partial charge in [-0.3, -0.25) is 4.79 Å². The number of carbonyl (C=O) groups excluding carboxylic acids is 1. The molecule has 1 saturated carbocycles. The van der Waals surface area contributed by atoms with Crippen molar-refractivity contribution in [3.8, 4) is 5.75 Å². The van der Waals surface area contributed by atoms with Gasteiger partial charge < -0.3 is 39.7 Å². The molecule has 2 aromatic rings. The molecule has 4 rings (SSSR count). The topological polar surface area (TPSA) is 146 Å². The highest BCUT2D eigenvalue weighted by Gasteiger charge is 2.55. The Bertz CT molecular complexity index is 1080. The van der Waals surface area contributed by atoms with Crippen molar-refractivity contribution in [1.29, 1.82) is 0 Å². The first-order chi connectivity index (χ1) is 17.0. The van der Waals surface area contributed by atoms with E-state index in [1.807, 2.05) is 37.3 Å². The number of ether oxygens (including phenoxy) is 3. The van der Waals surface area contributed by atoms with Gasteiger partial charge in [-0.15, -0.1) is 0 Å². The number of aliphatic hydroxyl groups is 5. The lowest BCUT2D eigenvalue weighted by Gasteiger charge is -2.47. The second kappa shape index (κ2) is 10.5. The van der Waals surface area contributed by atoms with E-state index in [0.29, 0.717) is 17.5 Å². The smallest absolute Gasteiger partial charge is 0.302 e. The largest absolute Gasteiger partial charge is 0.490 e. The summed E-state index contributed by atoms with van der Waals surface area (Å²) in [6.45, 7) is 4.38. The van der Waals surface area contributed by atoms with E-state index >= 15 is 0 Å². The number of hydrogen-bond acceptors (Lipinski definition) is 9. The molecule has 36 heavy (non-hydrogen) atoms. The Morgan fingerprint density at radius 2 is 1.78 bits per heavy atom. The van der Waals surface area contributed by atoms with Crippen LogP contribution in [0.5, 0.6) is 5.75 Å². The Balaban J connectivity index is 1.74. The van der Waals surface area contributed by atoms with Gasteiger partial charge in [-0.25, -0.2) is 0 Å². The van der Waals surface area contributed by atoms with Gasteiger partial charge in [0, 0.05) is 12.5 Å². The molecule has 2 aromatic carbocycles. The minimum atomic E-state index is -2.46. The zero-order valence-corrected chi connectivity index (χ0v) is 20.6. The lowest BCUT2D eigenvalue weighted by molar-refractivity contribution is -0.364. The predicted molar refractivity (Wildman–Crippen MR) is 128 cm³/mol. The summed E-state index contributed by atoms with van der Waals surface area (Å²) in [5.74, 6) is -2.16. The highest BCUT2D eigenvalue weighted by atomic mass is 16.7. The standard InChI is InChI=1S/C27H34O9/c1-14-10-18(13-34-16(3)29)12-22(27(33)26(32)24(31)23(30)25(36-27)15(2)28)21(14)11-17-4-6-19(7-5-17)35-20-8-9-20/h4-7,10,12,15,20,23-26,28,30-33H,8-9,11,13H2,1-3H3/t15-,23-,24-,25+,26+,27+/m0/s1. The number of rotatable bonds is 8. The number of benzene rings is 2. The number of aliphatic hydroxyl groups excluding tert-OH is 4. The van der Waals surface area contributed by atoms with Crippen molar-refractivity contribution >= 4 is 5.97 Å². The quantitative estimate of drug-likeness (QED) is 0.336. The molecule has 0 spiro atoms. The maximum Gasteiger partial charge on any atom is 0.302 e. The first-order valence-electron chi connectivity index (χ1n) is 12.1. The SMILES string of the molecule is CC(=O)OCc1cc(C)c(Cc2ccc(OC3CC3)cc2)c([C@@]2(O)O[C@H]([C@H](C)O)[C@@H](O)[C@H](O)[C@H]2O)c1. The third-order valence-corrected chi connectivity index (χ3v) is 6.69. The van der Waals surface area contributed by atoms with E-state index in [2.05, 4.69) is 0 Å². The van der Waals surface area contributed by atoms with Gasteiger partial charge in [-0.2, -0.15) is 0 Å². The Labute approximate surface area is 209 Å². The summed E-state index contributed by atoms with van der Waals surface area (Å²) in [6.07, 6.45) is -5.21. The van der Waals surface area contributed by atoms with Crippen LogP contribution < -0.4 is 4.74 Å². The molecule has 0 amide bonds. The van der Waals surface area contributed by atoms with Gasteiger partial charge in [0.05, 0.1) is 12.2 Å². The fourth-order valence-electron chi connectivity index (χ4n) is 4.55. The molecule has 0 radical (unpaired) electrons. The van der Waals surface area contributed by atoms with Gasteiger partial charge in [0.25, 0.3) is 0 Å². The van der Waals surface area contributed by atoms with Crippen LogP contribution in [-0.2, 0) is 33.1 Å². The van der Waals surface area contributed by atoms with Crippen molar-refractivity contribution in [2.75, 3.05) is 0 Å². The van der Waals surface area contributed by atoms with E-state index in [-0.39, 0.29) is 18.3 Å². The highest BCUT2D eigenvalue weighted by Crippen LogP contribution is 2.41. The number of carbonyl (C=O) groups is 1. The Hall–Kier alpha value is -2.53. The van der Waals surface area contributed by atoms with Gasteiger partial charge in [-0.1, -0.05) is 18.2 Å². The van der Waals surface area contributed by atoms with Crippen molar-refractivity contribution in [2.45, 2.75) is 89.1 Å². The minimum absolute atomic E-state index is 0.0756. The summed E-state index contributed by atoms with van der Waals surface area (Å²) >= 11 is 0. The second-order valence-corrected chi connectivity index (χ2v) is 9.80. The highest BCUT2D eigenvalue weighted by molar-refractivity contribution is 5.66. The fourth-order valence-corrected chi connectivity index (χ4v) is 4.55. The van der Waals surface area contributed by atoms with E-state index in [9.17, 15) is 30.3 Å². The molecule has 5 N–H and O–H groups in total. The van der Waals surface area contributed by atoms with Crippen LogP contribution in [-0.4, -0.2) is 68.1 Å². The zero-order chi connectivity index (χ0) is 26.2. The molecule has 1 saturated heterocycles. The summed E-state index contributed by atoms with van der Waals surface area (Å²) in [4.78, 5) is 11.4. The average Bonchev–Trinajstić information content (AvgIpc) is 3.65. The van der Waals surface area contributed by atoms with Crippen LogP contribution in [0, 0.1) is 6.92 Å². The molecule has 2 fully saturated rings. The van der Waals surface area contributed by atoms with Gasteiger partial charge in [-0.05, 0) is 73.6 Å². The predicted octanol–water partition coefficient (Wildman–Crippen LogP) is 1.20. The lowest BCUT2D eigenvalue weighted by Crippen LogP contribution is -2.65. The zero-order valence-electron chi connectivity index (χ0n) is 20.6. The molecule has 0 unspecified atom stereocenters. The first kappa shape index (κ1) is 26.5. The normalized spacial score (nSPS) is 29.0. The summed E-state index contributed by atoms with van der Waals surface area (Å²) in [7, 11) is 0. The van der Waals surface area contributed by atoms with Crippen LogP contribution >= 0.6 is 0 Å². The minimum Gasteiger partial charge on any atom is -0.490 e. The van der Waals surface area contributed by atoms with Gasteiger partial charge in [0.1, 0.15) is 36.8 Å². The van der Waals surface area contributed by atoms with Crippen molar-refractivity contribution in [2.24, 2.45) is 0 Å².